The van der Waals surface area contributed by atoms with Crippen LogP contribution in [-0.2, 0) is 14.4 Å². The first-order valence-electron chi connectivity index (χ1n) is 4.35. The minimum Gasteiger partial charge on any atom is -0.378 e. The lowest BCUT2D eigenvalue weighted by molar-refractivity contribution is -0.154. The summed E-state index contributed by atoms with van der Waals surface area (Å²) in [6, 6.07) is 0. The number of ether oxygens (including phenoxy) is 1. The fraction of sp³-hybridized carbons (Fsp3) is 0.875. The standard InChI is InChI=1S/C8H16N2O3/c1-9(12-2)7-8(11)10-3-5-13-6-4-10/h3-7H2,1-2H3. The second-order valence-electron chi connectivity index (χ2n) is 2.96. The average molecular weight is 188 g/mol. The summed E-state index contributed by atoms with van der Waals surface area (Å²) in [5.74, 6) is 0.0904. The molecule has 0 atom stereocenters. The minimum absolute atomic E-state index is 0.0904. The zero-order valence-corrected chi connectivity index (χ0v) is 8.15. The first-order chi connectivity index (χ1) is 6.24. The van der Waals surface area contributed by atoms with Crippen molar-refractivity contribution in [1.82, 2.24) is 9.96 Å². The fourth-order valence-electron chi connectivity index (χ4n) is 1.17. The van der Waals surface area contributed by atoms with E-state index in [1.54, 1.807) is 19.1 Å². The highest BCUT2D eigenvalue weighted by molar-refractivity contribution is 5.78. The highest BCUT2D eigenvalue weighted by Gasteiger charge is 2.17. The van der Waals surface area contributed by atoms with Crippen LogP contribution in [0.25, 0.3) is 0 Å². The third-order valence-corrected chi connectivity index (χ3v) is 2.03. The number of likely N-dealkylation sites (N-methyl/N-ethyl adjacent to an activating group) is 1. The van der Waals surface area contributed by atoms with Crippen molar-refractivity contribution in [3.8, 4) is 0 Å². The molecule has 0 bridgehead atoms. The van der Waals surface area contributed by atoms with Crippen LogP contribution in [0.15, 0.2) is 0 Å². The summed E-state index contributed by atoms with van der Waals surface area (Å²) in [6.07, 6.45) is 0. The van der Waals surface area contributed by atoms with Crippen molar-refractivity contribution < 1.29 is 14.4 Å². The molecule has 0 unspecified atom stereocenters. The molecule has 5 heteroatoms. The number of hydrogen-bond donors (Lipinski definition) is 0. The lowest BCUT2D eigenvalue weighted by atomic mass is 10.4. The maximum Gasteiger partial charge on any atom is 0.239 e. The van der Waals surface area contributed by atoms with Gasteiger partial charge in [0.25, 0.3) is 0 Å². The molecule has 0 spiro atoms. The molecule has 1 aliphatic rings. The van der Waals surface area contributed by atoms with Gasteiger partial charge in [0.05, 0.1) is 20.3 Å². The number of nitrogens with zero attached hydrogens (tertiary/aromatic N) is 2. The second kappa shape index (κ2) is 5.16. The molecule has 76 valence electrons. The predicted molar refractivity (Wildman–Crippen MR) is 47.0 cm³/mol. The number of hydrogen-bond acceptors (Lipinski definition) is 4. The van der Waals surface area contributed by atoms with Crippen molar-refractivity contribution in [1.29, 1.82) is 0 Å². The van der Waals surface area contributed by atoms with Gasteiger partial charge in [-0.05, 0) is 0 Å². The van der Waals surface area contributed by atoms with E-state index < -0.39 is 0 Å². The van der Waals surface area contributed by atoms with E-state index >= 15 is 0 Å². The van der Waals surface area contributed by atoms with Crippen molar-refractivity contribution in [3.05, 3.63) is 0 Å². The summed E-state index contributed by atoms with van der Waals surface area (Å²) in [5, 5.41) is 1.51. The Balaban J connectivity index is 2.29. The third kappa shape index (κ3) is 3.30. The Morgan fingerprint density at radius 2 is 2.15 bits per heavy atom. The van der Waals surface area contributed by atoms with E-state index in [9.17, 15) is 4.79 Å². The molecule has 1 saturated heterocycles. The van der Waals surface area contributed by atoms with Gasteiger partial charge < -0.3 is 14.5 Å². The Labute approximate surface area is 78.2 Å². The van der Waals surface area contributed by atoms with Crippen LogP contribution in [0.3, 0.4) is 0 Å². The van der Waals surface area contributed by atoms with Crippen LogP contribution in [0.1, 0.15) is 0 Å². The van der Waals surface area contributed by atoms with Gasteiger partial charge in [-0.1, -0.05) is 0 Å². The molecule has 0 aromatic carbocycles. The van der Waals surface area contributed by atoms with Crippen LogP contribution in [0.5, 0.6) is 0 Å². The first-order valence-corrected chi connectivity index (χ1v) is 4.35. The summed E-state index contributed by atoms with van der Waals surface area (Å²) < 4.78 is 5.14. The molecule has 0 saturated carbocycles. The van der Waals surface area contributed by atoms with E-state index in [1.165, 1.54) is 5.06 Å². The van der Waals surface area contributed by atoms with Crippen LogP contribution in [0, 0.1) is 0 Å². The number of morpholine rings is 1. The fourth-order valence-corrected chi connectivity index (χ4v) is 1.17. The zero-order valence-electron chi connectivity index (χ0n) is 8.15. The monoisotopic (exact) mass is 188 g/mol. The molecular formula is C8H16N2O3. The van der Waals surface area contributed by atoms with Gasteiger partial charge in [-0.15, -0.1) is 0 Å². The Kier molecular flexibility index (Phi) is 4.14. The van der Waals surface area contributed by atoms with E-state index in [-0.39, 0.29) is 5.91 Å². The van der Waals surface area contributed by atoms with E-state index in [0.29, 0.717) is 32.8 Å². The minimum atomic E-state index is 0.0904. The molecule has 1 heterocycles. The Morgan fingerprint density at radius 1 is 1.54 bits per heavy atom. The maximum absolute atomic E-state index is 11.5. The number of rotatable bonds is 3. The van der Waals surface area contributed by atoms with Crippen molar-refractivity contribution in [2.75, 3.05) is 47.0 Å². The van der Waals surface area contributed by atoms with Gasteiger partial charge in [-0.25, -0.2) is 0 Å². The van der Waals surface area contributed by atoms with Crippen molar-refractivity contribution in [2.24, 2.45) is 0 Å². The molecule has 0 aromatic heterocycles. The Bertz CT molecular complexity index is 169. The molecule has 0 aromatic rings. The lowest BCUT2D eigenvalue weighted by Gasteiger charge is -2.28. The van der Waals surface area contributed by atoms with Crippen molar-refractivity contribution in [2.45, 2.75) is 0 Å². The molecule has 1 fully saturated rings. The third-order valence-electron chi connectivity index (χ3n) is 2.03. The molecule has 0 radical (unpaired) electrons. The zero-order chi connectivity index (χ0) is 9.68. The number of carbonyl (C=O) groups excluding carboxylic acids is 1. The maximum atomic E-state index is 11.5. The van der Waals surface area contributed by atoms with Gasteiger partial charge in [-0.2, -0.15) is 5.06 Å². The molecule has 0 aliphatic carbocycles. The molecular weight excluding hydrogens is 172 g/mol. The van der Waals surface area contributed by atoms with Crippen LogP contribution in [0.2, 0.25) is 0 Å². The summed E-state index contributed by atoms with van der Waals surface area (Å²) in [7, 11) is 3.28. The summed E-state index contributed by atoms with van der Waals surface area (Å²) in [5.41, 5.74) is 0. The van der Waals surface area contributed by atoms with Gasteiger partial charge in [0.2, 0.25) is 5.91 Å². The Hall–Kier alpha value is -0.650. The highest BCUT2D eigenvalue weighted by Crippen LogP contribution is 1.98. The van der Waals surface area contributed by atoms with Crippen LogP contribution < -0.4 is 0 Å². The topological polar surface area (TPSA) is 42.0 Å². The molecule has 0 N–H and O–H groups in total. The predicted octanol–water partition coefficient (Wildman–Crippen LogP) is -0.662. The van der Waals surface area contributed by atoms with Crippen LogP contribution in [-0.4, -0.2) is 62.9 Å². The quantitative estimate of drug-likeness (QED) is 0.551. The summed E-state index contributed by atoms with van der Waals surface area (Å²) in [4.78, 5) is 18.2. The average Bonchev–Trinajstić information content (AvgIpc) is 2.19. The number of amides is 1. The smallest absolute Gasteiger partial charge is 0.239 e. The molecule has 5 nitrogen and oxygen atoms in total. The van der Waals surface area contributed by atoms with Gasteiger partial charge in [0.15, 0.2) is 0 Å². The molecule has 1 amide bonds. The first kappa shape index (κ1) is 10.4. The lowest BCUT2D eigenvalue weighted by Crippen LogP contribution is -2.44. The second-order valence-corrected chi connectivity index (χ2v) is 2.96. The van der Waals surface area contributed by atoms with E-state index in [0.717, 1.165) is 0 Å². The van der Waals surface area contributed by atoms with Crippen LogP contribution in [0.4, 0.5) is 0 Å². The summed E-state index contributed by atoms with van der Waals surface area (Å²) >= 11 is 0. The van der Waals surface area contributed by atoms with E-state index in [4.69, 9.17) is 9.57 Å². The van der Waals surface area contributed by atoms with Gasteiger partial charge in [0.1, 0.15) is 6.54 Å². The Morgan fingerprint density at radius 3 is 2.69 bits per heavy atom. The highest BCUT2D eigenvalue weighted by atomic mass is 16.7. The van der Waals surface area contributed by atoms with Crippen molar-refractivity contribution >= 4 is 5.91 Å². The molecule has 1 rings (SSSR count). The normalized spacial score (nSPS) is 17.9. The number of hydroxylamine groups is 2. The summed E-state index contributed by atoms with van der Waals surface area (Å²) in [6.45, 7) is 2.97. The van der Waals surface area contributed by atoms with Gasteiger partial charge >= 0.3 is 0 Å². The number of carbonyl (C=O) groups is 1. The SMILES string of the molecule is CON(C)CC(=O)N1CCOCC1. The van der Waals surface area contributed by atoms with Gasteiger partial charge in [-0.3, -0.25) is 4.79 Å². The van der Waals surface area contributed by atoms with E-state index in [1.807, 2.05) is 0 Å². The van der Waals surface area contributed by atoms with Gasteiger partial charge in [0, 0.05) is 20.1 Å². The molecule has 1 aliphatic heterocycles. The van der Waals surface area contributed by atoms with E-state index in [2.05, 4.69) is 0 Å². The van der Waals surface area contributed by atoms with Crippen molar-refractivity contribution in [3.63, 3.8) is 0 Å². The van der Waals surface area contributed by atoms with Crippen LogP contribution >= 0.6 is 0 Å². The largest absolute Gasteiger partial charge is 0.378 e. The molecule has 13 heavy (non-hydrogen) atoms.